The highest BCUT2D eigenvalue weighted by molar-refractivity contribution is 6.25. The van der Waals surface area contributed by atoms with E-state index >= 15 is 0 Å². The van der Waals surface area contributed by atoms with Gasteiger partial charge < -0.3 is 4.90 Å². The quantitative estimate of drug-likeness (QED) is 0.770. The third-order valence-corrected chi connectivity index (χ3v) is 4.61. The molecule has 2 amide bonds. The maximum Gasteiger partial charge on any atom is 0.261 e. The minimum Gasteiger partial charge on any atom is -0.304 e. The molecular weight excluding hydrogens is 288 g/mol. The topological polar surface area (TPSA) is 40.6 Å². The molecule has 3 rings (SSSR count). The van der Waals surface area contributed by atoms with Crippen molar-refractivity contribution in [3.05, 3.63) is 47.5 Å². The van der Waals surface area contributed by atoms with E-state index in [-0.39, 0.29) is 11.8 Å². The molecule has 0 saturated carbocycles. The molecule has 0 radical (unpaired) electrons. The molecule has 23 heavy (non-hydrogen) atoms. The molecular formula is C19H22N2O2. The van der Waals surface area contributed by atoms with E-state index in [0.29, 0.717) is 17.7 Å². The van der Waals surface area contributed by atoms with Crippen molar-refractivity contribution in [1.29, 1.82) is 0 Å². The smallest absolute Gasteiger partial charge is 0.261 e. The Morgan fingerprint density at radius 2 is 1.48 bits per heavy atom. The van der Waals surface area contributed by atoms with Crippen molar-refractivity contribution in [3.8, 4) is 0 Å². The molecule has 1 aliphatic heterocycles. The minimum absolute atomic E-state index is 0.168. The minimum atomic E-state index is -0.168. The van der Waals surface area contributed by atoms with Gasteiger partial charge in [-0.2, -0.15) is 0 Å². The van der Waals surface area contributed by atoms with Crippen LogP contribution in [0.5, 0.6) is 0 Å². The van der Waals surface area contributed by atoms with Crippen LogP contribution in [0.25, 0.3) is 10.8 Å². The molecule has 2 aromatic rings. The van der Waals surface area contributed by atoms with Crippen molar-refractivity contribution in [1.82, 2.24) is 9.80 Å². The van der Waals surface area contributed by atoms with Crippen molar-refractivity contribution < 1.29 is 9.59 Å². The Morgan fingerprint density at radius 3 is 2.00 bits per heavy atom. The van der Waals surface area contributed by atoms with Crippen LogP contribution in [0.15, 0.2) is 36.4 Å². The summed E-state index contributed by atoms with van der Waals surface area (Å²) in [5.74, 6) is -0.335. The summed E-state index contributed by atoms with van der Waals surface area (Å²) in [4.78, 5) is 29.1. The maximum absolute atomic E-state index is 12.7. The fourth-order valence-electron chi connectivity index (χ4n) is 3.28. The summed E-state index contributed by atoms with van der Waals surface area (Å²) in [5.41, 5.74) is 1.28. The standard InChI is InChI=1S/C19H22N2O2/c1-3-20(4-2)12-7-13-21-18(22)15-10-5-8-14-9-6-11-16(17(14)15)19(21)23/h5-6,8-11H,3-4,7,12-13H2,1-2H3. The molecule has 0 atom stereocenters. The Hall–Kier alpha value is -2.20. The Balaban J connectivity index is 1.86. The third kappa shape index (κ3) is 2.75. The fourth-order valence-corrected chi connectivity index (χ4v) is 3.28. The Labute approximate surface area is 136 Å². The van der Waals surface area contributed by atoms with Crippen LogP contribution in [0.3, 0.4) is 0 Å². The zero-order valence-electron chi connectivity index (χ0n) is 13.7. The lowest BCUT2D eigenvalue weighted by Crippen LogP contribution is -2.41. The summed E-state index contributed by atoms with van der Waals surface area (Å²) < 4.78 is 0. The predicted octanol–water partition coefficient (Wildman–Crippen LogP) is 3.17. The van der Waals surface area contributed by atoms with Gasteiger partial charge in [0.15, 0.2) is 0 Å². The molecule has 120 valence electrons. The fraction of sp³-hybridized carbons (Fsp3) is 0.368. The summed E-state index contributed by atoms with van der Waals surface area (Å²) in [6.45, 7) is 7.59. The van der Waals surface area contributed by atoms with Crippen molar-refractivity contribution >= 4 is 22.6 Å². The third-order valence-electron chi connectivity index (χ3n) is 4.61. The van der Waals surface area contributed by atoms with Crippen LogP contribution >= 0.6 is 0 Å². The molecule has 0 bridgehead atoms. The number of carbonyl (C=O) groups is 2. The maximum atomic E-state index is 12.7. The number of rotatable bonds is 6. The lowest BCUT2D eigenvalue weighted by Gasteiger charge is -2.28. The van der Waals surface area contributed by atoms with Crippen molar-refractivity contribution in [2.45, 2.75) is 20.3 Å². The predicted molar refractivity (Wildman–Crippen MR) is 91.7 cm³/mol. The van der Waals surface area contributed by atoms with Crippen LogP contribution in [0.1, 0.15) is 41.0 Å². The highest BCUT2D eigenvalue weighted by Crippen LogP contribution is 2.29. The number of benzene rings is 2. The van der Waals surface area contributed by atoms with Crippen LogP contribution in [0.4, 0.5) is 0 Å². The molecule has 4 heteroatoms. The zero-order valence-corrected chi connectivity index (χ0v) is 13.7. The molecule has 0 aliphatic carbocycles. The molecule has 0 aromatic heterocycles. The number of carbonyl (C=O) groups excluding carboxylic acids is 2. The van der Waals surface area contributed by atoms with Crippen molar-refractivity contribution in [2.24, 2.45) is 0 Å². The highest BCUT2D eigenvalue weighted by Gasteiger charge is 2.32. The first-order valence-electron chi connectivity index (χ1n) is 8.27. The molecule has 0 N–H and O–H groups in total. The summed E-state index contributed by atoms with van der Waals surface area (Å²) in [6, 6.07) is 11.3. The molecule has 2 aromatic carbocycles. The Kier molecular flexibility index (Phi) is 4.44. The first-order valence-corrected chi connectivity index (χ1v) is 8.27. The second-order valence-electron chi connectivity index (χ2n) is 5.85. The van der Waals surface area contributed by atoms with E-state index < -0.39 is 0 Å². The van der Waals surface area contributed by atoms with Gasteiger partial charge in [-0.3, -0.25) is 14.5 Å². The van der Waals surface area contributed by atoms with E-state index in [1.54, 1.807) is 0 Å². The average Bonchev–Trinajstić information content (AvgIpc) is 2.59. The number of hydrogen-bond acceptors (Lipinski definition) is 3. The van der Waals surface area contributed by atoms with Crippen LogP contribution in [-0.2, 0) is 0 Å². The normalized spacial score (nSPS) is 14.1. The van der Waals surface area contributed by atoms with E-state index in [9.17, 15) is 9.59 Å². The van der Waals surface area contributed by atoms with Gasteiger partial charge in [0.25, 0.3) is 11.8 Å². The lowest BCUT2D eigenvalue weighted by atomic mass is 9.94. The average molecular weight is 310 g/mol. The molecule has 1 aliphatic rings. The van der Waals surface area contributed by atoms with Gasteiger partial charge in [-0.05, 0) is 43.6 Å². The van der Waals surface area contributed by atoms with E-state index in [1.807, 2.05) is 36.4 Å². The summed E-state index contributed by atoms with van der Waals surface area (Å²) in [7, 11) is 0. The number of nitrogens with zero attached hydrogens (tertiary/aromatic N) is 2. The van der Waals surface area contributed by atoms with Gasteiger partial charge in [0.2, 0.25) is 0 Å². The second kappa shape index (κ2) is 6.50. The van der Waals surface area contributed by atoms with Gasteiger partial charge in [0, 0.05) is 23.1 Å². The van der Waals surface area contributed by atoms with E-state index in [1.165, 1.54) is 4.90 Å². The summed E-state index contributed by atoms with van der Waals surface area (Å²) in [6.07, 6.45) is 0.803. The SMILES string of the molecule is CCN(CC)CCCN1C(=O)c2cccc3cccc(c23)C1=O. The Morgan fingerprint density at radius 1 is 0.913 bits per heavy atom. The molecule has 0 saturated heterocycles. The molecule has 0 spiro atoms. The van der Waals surface area contributed by atoms with Gasteiger partial charge in [0.1, 0.15) is 0 Å². The van der Waals surface area contributed by atoms with Crippen LogP contribution in [0.2, 0.25) is 0 Å². The lowest BCUT2D eigenvalue weighted by molar-refractivity contribution is 0.0604. The van der Waals surface area contributed by atoms with Crippen molar-refractivity contribution in [3.63, 3.8) is 0 Å². The largest absolute Gasteiger partial charge is 0.304 e. The van der Waals surface area contributed by atoms with Crippen molar-refractivity contribution in [2.75, 3.05) is 26.2 Å². The van der Waals surface area contributed by atoms with Gasteiger partial charge in [-0.25, -0.2) is 0 Å². The highest BCUT2D eigenvalue weighted by atomic mass is 16.2. The van der Waals surface area contributed by atoms with Gasteiger partial charge in [0.05, 0.1) is 0 Å². The number of hydrogen-bond donors (Lipinski definition) is 0. The van der Waals surface area contributed by atoms with E-state index in [2.05, 4.69) is 18.7 Å². The monoisotopic (exact) mass is 310 g/mol. The number of amides is 2. The Bertz CT molecular complexity index is 699. The van der Waals surface area contributed by atoms with Crippen LogP contribution in [-0.4, -0.2) is 47.8 Å². The van der Waals surface area contributed by atoms with Crippen LogP contribution in [0, 0.1) is 0 Å². The molecule has 0 unspecified atom stereocenters. The molecule has 0 fully saturated rings. The summed E-state index contributed by atoms with van der Waals surface area (Å²) in [5, 5.41) is 1.74. The van der Waals surface area contributed by atoms with Gasteiger partial charge in [-0.1, -0.05) is 38.1 Å². The molecule has 1 heterocycles. The number of imide groups is 1. The first kappa shape index (κ1) is 15.7. The summed E-state index contributed by atoms with van der Waals surface area (Å²) >= 11 is 0. The second-order valence-corrected chi connectivity index (χ2v) is 5.85. The first-order chi connectivity index (χ1) is 11.2. The van der Waals surface area contributed by atoms with Gasteiger partial charge >= 0.3 is 0 Å². The van der Waals surface area contributed by atoms with Crippen LogP contribution < -0.4 is 0 Å². The zero-order chi connectivity index (χ0) is 16.4. The molecule has 4 nitrogen and oxygen atoms in total. The van der Waals surface area contributed by atoms with E-state index in [4.69, 9.17) is 0 Å². The van der Waals surface area contributed by atoms with Gasteiger partial charge in [-0.15, -0.1) is 0 Å². The van der Waals surface area contributed by atoms with E-state index in [0.717, 1.165) is 36.8 Å².